The summed E-state index contributed by atoms with van der Waals surface area (Å²) in [4.78, 5) is 14.4. The molecule has 2 heterocycles. The van der Waals surface area contributed by atoms with Crippen molar-refractivity contribution in [2.45, 2.75) is 23.9 Å². The van der Waals surface area contributed by atoms with Crippen LogP contribution in [-0.4, -0.2) is 75.7 Å². The summed E-state index contributed by atoms with van der Waals surface area (Å²) in [5.74, 6) is -0.477. The van der Waals surface area contributed by atoms with Crippen molar-refractivity contribution in [2.24, 2.45) is 0 Å². The summed E-state index contributed by atoms with van der Waals surface area (Å²) in [6.45, 7) is 4.90. The lowest BCUT2D eigenvalue weighted by atomic mass is 10.1. The van der Waals surface area contributed by atoms with Gasteiger partial charge >= 0.3 is 0 Å². The van der Waals surface area contributed by atoms with Crippen LogP contribution in [-0.2, 0) is 14.8 Å². The molecule has 0 spiro atoms. The van der Waals surface area contributed by atoms with E-state index in [1.54, 1.807) is 9.58 Å². The monoisotopic (exact) mass is 490 g/mol. The van der Waals surface area contributed by atoms with Crippen LogP contribution in [0.5, 0.6) is 0 Å². The van der Waals surface area contributed by atoms with E-state index in [0.717, 1.165) is 28.9 Å². The third-order valence-corrected chi connectivity index (χ3v) is 8.21. The quantitative estimate of drug-likeness (QED) is 0.488. The number of tetrazole rings is 1. The first-order chi connectivity index (χ1) is 15.8. The highest BCUT2D eigenvalue weighted by molar-refractivity contribution is 7.99. The van der Waals surface area contributed by atoms with E-state index in [1.165, 1.54) is 28.2 Å². The maximum atomic E-state index is 13.1. The average molecular weight is 491 g/mol. The van der Waals surface area contributed by atoms with E-state index < -0.39 is 15.8 Å². The number of aromatic nitrogens is 4. The molecule has 2 aromatic carbocycles. The number of aryl methyl sites for hydroxylation is 2. The standard InChI is InChI=1S/C21H23FN6O3S2/c1-15-3-8-19(16(2)13-15)28-21(23-24-25-28)32-14-20(29)26-9-11-27(12-10-26)33(30,31)18-6-4-17(22)5-7-18/h3-8,13H,9-12,14H2,1-2H3. The molecule has 0 unspecified atom stereocenters. The van der Waals surface area contributed by atoms with Gasteiger partial charge in [0.2, 0.25) is 21.1 Å². The van der Waals surface area contributed by atoms with Gasteiger partial charge in [-0.25, -0.2) is 12.8 Å². The van der Waals surface area contributed by atoms with E-state index in [0.29, 0.717) is 5.16 Å². The molecule has 0 radical (unpaired) electrons. The summed E-state index contributed by atoms with van der Waals surface area (Å²) in [5.41, 5.74) is 3.00. The van der Waals surface area contributed by atoms with Gasteiger partial charge in [-0.3, -0.25) is 4.79 Å². The van der Waals surface area contributed by atoms with E-state index in [4.69, 9.17) is 0 Å². The van der Waals surface area contributed by atoms with Gasteiger partial charge in [-0.1, -0.05) is 29.5 Å². The predicted octanol–water partition coefficient (Wildman–Crippen LogP) is 2.04. The van der Waals surface area contributed by atoms with Crippen LogP contribution >= 0.6 is 11.8 Å². The average Bonchev–Trinajstić information content (AvgIpc) is 3.26. The SMILES string of the molecule is Cc1ccc(-n2nnnc2SCC(=O)N2CCN(S(=O)(=O)c3ccc(F)cc3)CC2)c(C)c1. The highest BCUT2D eigenvalue weighted by Crippen LogP contribution is 2.23. The van der Waals surface area contributed by atoms with Crippen LogP contribution in [0, 0.1) is 19.7 Å². The number of rotatable bonds is 6. The molecule has 174 valence electrons. The second-order valence-electron chi connectivity index (χ2n) is 7.69. The van der Waals surface area contributed by atoms with Gasteiger partial charge in [0.25, 0.3) is 0 Å². The summed E-state index contributed by atoms with van der Waals surface area (Å²) in [7, 11) is -3.73. The van der Waals surface area contributed by atoms with Gasteiger partial charge in [0, 0.05) is 26.2 Å². The smallest absolute Gasteiger partial charge is 0.243 e. The molecule has 12 heteroatoms. The zero-order valence-corrected chi connectivity index (χ0v) is 19.8. The summed E-state index contributed by atoms with van der Waals surface area (Å²) in [5, 5.41) is 12.3. The molecule has 33 heavy (non-hydrogen) atoms. The number of benzene rings is 2. The van der Waals surface area contributed by atoms with Gasteiger partial charge in [-0.15, -0.1) is 5.10 Å². The molecule has 0 atom stereocenters. The van der Waals surface area contributed by atoms with Gasteiger partial charge in [0.15, 0.2) is 0 Å². The van der Waals surface area contributed by atoms with Crippen molar-refractivity contribution in [3.8, 4) is 5.69 Å². The Morgan fingerprint density at radius 3 is 2.42 bits per heavy atom. The van der Waals surface area contributed by atoms with Gasteiger partial charge in [-0.05, 0) is 60.2 Å². The Kier molecular flexibility index (Phi) is 6.77. The van der Waals surface area contributed by atoms with Gasteiger partial charge < -0.3 is 4.90 Å². The van der Waals surface area contributed by atoms with Crippen LogP contribution in [0.2, 0.25) is 0 Å². The molecule has 1 amide bonds. The van der Waals surface area contributed by atoms with Crippen molar-refractivity contribution in [2.75, 3.05) is 31.9 Å². The van der Waals surface area contributed by atoms with Crippen molar-refractivity contribution in [3.05, 3.63) is 59.4 Å². The number of sulfonamides is 1. The minimum atomic E-state index is -3.73. The van der Waals surface area contributed by atoms with Crippen LogP contribution in [0.3, 0.4) is 0 Å². The molecule has 0 N–H and O–H groups in total. The van der Waals surface area contributed by atoms with Gasteiger partial charge in [-0.2, -0.15) is 8.99 Å². The molecular formula is C21H23FN6O3S2. The number of halogens is 1. The zero-order valence-electron chi connectivity index (χ0n) is 18.2. The van der Waals surface area contributed by atoms with Gasteiger partial charge in [0.05, 0.1) is 16.3 Å². The normalized spacial score (nSPS) is 15.1. The Bertz CT molecular complexity index is 1260. The molecule has 0 saturated carbocycles. The summed E-state index contributed by atoms with van der Waals surface area (Å²) in [6, 6.07) is 10.7. The fraction of sp³-hybridized carbons (Fsp3) is 0.333. The number of hydrogen-bond donors (Lipinski definition) is 0. The topological polar surface area (TPSA) is 101 Å². The van der Waals surface area contributed by atoms with E-state index in [-0.39, 0.29) is 42.7 Å². The molecule has 1 aliphatic rings. The fourth-order valence-electron chi connectivity index (χ4n) is 3.61. The number of carbonyl (C=O) groups excluding carboxylic acids is 1. The maximum absolute atomic E-state index is 13.1. The Morgan fingerprint density at radius 2 is 1.76 bits per heavy atom. The minimum absolute atomic E-state index is 0.0393. The summed E-state index contributed by atoms with van der Waals surface area (Å²) >= 11 is 1.24. The second kappa shape index (κ2) is 9.57. The number of carbonyl (C=O) groups is 1. The molecule has 4 rings (SSSR count). The van der Waals surface area contributed by atoms with Crippen LogP contribution in [0.1, 0.15) is 11.1 Å². The fourth-order valence-corrected chi connectivity index (χ4v) is 5.82. The third-order valence-electron chi connectivity index (χ3n) is 5.39. The van der Waals surface area contributed by atoms with Crippen molar-refractivity contribution < 1.29 is 17.6 Å². The Hall–Kier alpha value is -2.83. The third kappa shape index (κ3) is 5.07. The number of thioether (sulfide) groups is 1. The number of hydrogen-bond acceptors (Lipinski definition) is 7. The van der Waals surface area contributed by atoms with Crippen molar-refractivity contribution in [3.63, 3.8) is 0 Å². The lowest BCUT2D eigenvalue weighted by Crippen LogP contribution is -2.50. The molecule has 0 bridgehead atoms. The number of amides is 1. The van der Waals surface area contributed by atoms with E-state index in [1.807, 2.05) is 32.0 Å². The van der Waals surface area contributed by atoms with E-state index in [9.17, 15) is 17.6 Å². The largest absolute Gasteiger partial charge is 0.339 e. The second-order valence-corrected chi connectivity index (χ2v) is 10.6. The van der Waals surface area contributed by atoms with Gasteiger partial charge in [0.1, 0.15) is 5.82 Å². The lowest BCUT2D eigenvalue weighted by molar-refractivity contribution is -0.129. The molecular weight excluding hydrogens is 467 g/mol. The highest BCUT2D eigenvalue weighted by atomic mass is 32.2. The molecule has 1 fully saturated rings. The minimum Gasteiger partial charge on any atom is -0.339 e. The Labute approximate surface area is 195 Å². The molecule has 0 aliphatic carbocycles. The molecule has 1 saturated heterocycles. The first-order valence-electron chi connectivity index (χ1n) is 10.3. The van der Waals surface area contributed by atoms with Crippen molar-refractivity contribution in [1.29, 1.82) is 0 Å². The molecule has 3 aromatic rings. The van der Waals surface area contributed by atoms with Crippen LogP contribution < -0.4 is 0 Å². The zero-order chi connectivity index (χ0) is 23.6. The lowest BCUT2D eigenvalue weighted by Gasteiger charge is -2.34. The van der Waals surface area contributed by atoms with Crippen LogP contribution in [0.25, 0.3) is 5.69 Å². The first-order valence-corrected chi connectivity index (χ1v) is 12.7. The number of piperazine rings is 1. The molecule has 1 aliphatic heterocycles. The van der Waals surface area contributed by atoms with Crippen LogP contribution in [0.15, 0.2) is 52.5 Å². The number of nitrogens with zero attached hydrogens (tertiary/aromatic N) is 6. The molecule has 1 aromatic heterocycles. The summed E-state index contributed by atoms with van der Waals surface area (Å²) in [6.07, 6.45) is 0. The Balaban J connectivity index is 1.35. The van der Waals surface area contributed by atoms with Crippen molar-refractivity contribution >= 4 is 27.7 Å². The Morgan fingerprint density at radius 1 is 1.06 bits per heavy atom. The first kappa shape index (κ1) is 23.3. The molecule has 9 nitrogen and oxygen atoms in total. The van der Waals surface area contributed by atoms with E-state index in [2.05, 4.69) is 15.5 Å². The highest BCUT2D eigenvalue weighted by Gasteiger charge is 2.30. The van der Waals surface area contributed by atoms with Crippen molar-refractivity contribution in [1.82, 2.24) is 29.4 Å². The predicted molar refractivity (Wildman–Crippen MR) is 121 cm³/mol. The van der Waals surface area contributed by atoms with Crippen LogP contribution in [0.4, 0.5) is 4.39 Å². The summed E-state index contributed by atoms with van der Waals surface area (Å²) < 4.78 is 41.5. The maximum Gasteiger partial charge on any atom is 0.243 e. The van der Waals surface area contributed by atoms with E-state index >= 15 is 0 Å².